The number of anilines is 1. The van der Waals surface area contributed by atoms with Crippen molar-refractivity contribution in [3.8, 4) is 11.6 Å². The molecule has 0 aliphatic carbocycles. The van der Waals surface area contributed by atoms with Gasteiger partial charge in [0.05, 0.1) is 11.6 Å². The maximum Gasteiger partial charge on any atom is 0.417 e. The van der Waals surface area contributed by atoms with E-state index in [1.807, 2.05) is 13.8 Å². The van der Waals surface area contributed by atoms with Gasteiger partial charge in [-0.2, -0.15) is 13.2 Å². The van der Waals surface area contributed by atoms with Crippen molar-refractivity contribution in [3.05, 3.63) is 47.9 Å². The molecule has 0 aliphatic rings. The summed E-state index contributed by atoms with van der Waals surface area (Å²) in [5.74, 6) is -1.47. The first-order valence-electron chi connectivity index (χ1n) is 8.13. The van der Waals surface area contributed by atoms with E-state index in [2.05, 4.69) is 10.3 Å². The Labute approximate surface area is 177 Å². The fourth-order valence-corrected chi connectivity index (χ4v) is 2.23. The number of aromatic nitrogens is 1. The maximum atomic E-state index is 14.2. The molecule has 162 valence electrons. The van der Waals surface area contributed by atoms with Crippen LogP contribution in [-0.4, -0.2) is 16.9 Å². The molecule has 11 heteroatoms. The molecular formula is C18H21Cl2F4N3O2. The van der Waals surface area contributed by atoms with E-state index < -0.39 is 29.5 Å². The number of rotatable bonds is 6. The molecule has 1 amide bonds. The Bertz CT molecular complexity index is 803. The number of halogens is 6. The van der Waals surface area contributed by atoms with Gasteiger partial charge in [0.15, 0.2) is 11.6 Å². The van der Waals surface area contributed by atoms with E-state index in [1.54, 1.807) is 0 Å². The first kappa shape index (κ1) is 26.9. The van der Waals surface area contributed by atoms with Gasteiger partial charge in [0.25, 0.3) is 0 Å². The topological polar surface area (TPSA) is 77.2 Å². The number of nitrogens with two attached hydrogens (primary N) is 1. The average Bonchev–Trinajstić information content (AvgIpc) is 2.56. The van der Waals surface area contributed by atoms with Crippen LogP contribution in [0.2, 0.25) is 0 Å². The molecule has 2 aromatic rings. The Morgan fingerprint density at radius 2 is 1.86 bits per heavy atom. The Balaban J connectivity index is 0.00000392. The van der Waals surface area contributed by atoms with Crippen molar-refractivity contribution in [2.75, 3.05) is 5.32 Å². The third-order valence-electron chi connectivity index (χ3n) is 3.54. The van der Waals surface area contributed by atoms with Gasteiger partial charge in [-0.05, 0) is 30.5 Å². The van der Waals surface area contributed by atoms with Gasteiger partial charge in [0, 0.05) is 24.0 Å². The molecule has 0 unspecified atom stereocenters. The molecule has 29 heavy (non-hydrogen) atoms. The number of hydrogen-bond acceptors (Lipinski definition) is 4. The molecule has 0 saturated heterocycles. The number of amides is 1. The highest BCUT2D eigenvalue weighted by atomic mass is 35.5. The normalized spacial score (nSPS) is 11.9. The van der Waals surface area contributed by atoms with Crippen molar-refractivity contribution in [3.63, 3.8) is 0 Å². The van der Waals surface area contributed by atoms with Crippen molar-refractivity contribution < 1.29 is 27.1 Å². The molecule has 3 N–H and O–H groups in total. The first-order valence-corrected chi connectivity index (χ1v) is 8.13. The fraction of sp³-hybridized carbons (Fsp3) is 0.333. The summed E-state index contributed by atoms with van der Waals surface area (Å²) in [5, 5.41) is 2.50. The number of ether oxygens (including phenoxy) is 1. The predicted octanol–water partition coefficient (Wildman–Crippen LogP) is 5.19. The van der Waals surface area contributed by atoms with Crippen molar-refractivity contribution in [2.24, 2.45) is 11.7 Å². The molecular weight excluding hydrogens is 437 g/mol. The van der Waals surface area contributed by atoms with E-state index in [4.69, 9.17) is 10.5 Å². The monoisotopic (exact) mass is 457 g/mol. The summed E-state index contributed by atoms with van der Waals surface area (Å²) in [7, 11) is 0. The van der Waals surface area contributed by atoms with Crippen LogP contribution in [0.15, 0.2) is 36.5 Å². The Hall–Kier alpha value is -2.10. The van der Waals surface area contributed by atoms with Crippen LogP contribution in [0.25, 0.3) is 0 Å². The van der Waals surface area contributed by atoms with Gasteiger partial charge in [0.2, 0.25) is 11.8 Å². The number of alkyl halides is 3. The van der Waals surface area contributed by atoms with E-state index in [9.17, 15) is 22.4 Å². The van der Waals surface area contributed by atoms with Crippen LogP contribution in [-0.2, 0) is 11.0 Å². The lowest BCUT2D eigenvalue weighted by molar-refractivity contribution is -0.137. The van der Waals surface area contributed by atoms with E-state index >= 15 is 0 Å². The van der Waals surface area contributed by atoms with Crippen LogP contribution >= 0.6 is 24.8 Å². The molecule has 0 saturated carbocycles. The summed E-state index contributed by atoms with van der Waals surface area (Å²) in [6, 6.07) is 4.70. The average molecular weight is 458 g/mol. The minimum atomic E-state index is -4.52. The van der Waals surface area contributed by atoms with Gasteiger partial charge in [-0.15, -0.1) is 24.8 Å². The van der Waals surface area contributed by atoms with Crippen molar-refractivity contribution in [1.82, 2.24) is 4.98 Å². The minimum Gasteiger partial charge on any atom is -0.436 e. The van der Waals surface area contributed by atoms with E-state index in [0.717, 1.165) is 18.2 Å². The molecule has 5 nitrogen and oxygen atoms in total. The second kappa shape index (κ2) is 11.2. The second-order valence-corrected chi connectivity index (χ2v) is 6.36. The number of hydrogen-bond donors (Lipinski definition) is 2. The van der Waals surface area contributed by atoms with Crippen molar-refractivity contribution in [1.29, 1.82) is 0 Å². The molecule has 0 spiro atoms. The van der Waals surface area contributed by atoms with E-state index in [0.29, 0.717) is 12.6 Å². The zero-order valence-electron chi connectivity index (χ0n) is 15.5. The Morgan fingerprint density at radius 3 is 2.34 bits per heavy atom. The minimum absolute atomic E-state index is 0. The lowest BCUT2D eigenvalue weighted by Gasteiger charge is -2.14. The van der Waals surface area contributed by atoms with Gasteiger partial charge >= 0.3 is 6.18 Å². The summed E-state index contributed by atoms with van der Waals surface area (Å²) in [6.45, 7) is 3.85. The molecule has 1 aromatic carbocycles. The first-order chi connectivity index (χ1) is 12.6. The third kappa shape index (κ3) is 8.04. The Kier molecular flexibility index (Phi) is 10.4. The summed E-state index contributed by atoms with van der Waals surface area (Å²) in [5.41, 5.74) is 5.01. The summed E-state index contributed by atoms with van der Waals surface area (Å²) < 4.78 is 56.8. The fourth-order valence-electron chi connectivity index (χ4n) is 2.23. The molecule has 1 atom stereocenters. The van der Waals surface area contributed by atoms with Gasteiger partial charge in [-0.25, -0.2) is 9.37 Å². The highest BCUT2D eigenvalue weighted by Gasteiger charge is 2.30. The number of benzene rings is 1. The van der Waals surface area contributed by atoms with E-state index in [1.165, 1.54) is 12.1 Å². The van der Waals surface area contributed by atoms with Crippen LogP contribution in [0.4, 0.5) is 23.2 Å². The van der Waals surface area contributed by atoms with Crippen LogP contribution in [0.1, 0.15) is 25.8 Å². The number of carbonyl (C=O) groups is 1. The number of nitrogens with zero attached hydrogens (tertiary/aromatic N) is 1. The second-order valence-electron chi connectivity index (χ2n) is 6.36. The van der Waals surface area contributed by atoms with E-state index in [-0.39, 0.29) is 48.0 Å². The summed E-state index contributed by atoms with van der Waals surface area (Å²) >= 11 is 0. The van der Waals surface area contributed by atoms with Gasteiger partial charge in [-0.3, -0.25) is 4.79 Å². The third-order valence-corrected chi connectivity index (χ3v) is 3.54. The number of pyridine rings is 1. The molecule has 0 bridgehead atoms. The molecule has 0 radical (unpaired) electrons. The van der Waals surface area contributed by atoms with Crippen LogP contribution in [0.3, 0.4) is 0 Å². The molecule has 0 fully saturated rings. The zero-order chi connectivity index (χ0) is 20.2. The maximum absolute atomic E-state index is 14.2. The molecule has 1 heterocycles. The van der Waals surface area contributed by atoms with Gasteiger partial charge in [0.1, 0.15) is 0 Å². The quantitative estimate of drug-likeness (QED) is 0.585. The largest absolute Gasteiger partial charge is 0.436 e. The van der Waals surface area contributed by atoms with Crippen molar-refractivity contribution in [2.45, 2.75) is 32.5 Å². The smallest absolute Gasteiger partial charge is 0.417 e. The molecule has 0 aliphatic heterocycles. The van der Waals surface area contributed by atoms with Gasteiger partial charge in [-0.1, -0.05) is 13.8 Å². The van der Waals surface area contributed by atoms with Crippen molar-refractivity contribution >= 4 is 36.4 Å². The number of nitrogens with one attached hydrogen (secondary N) is 1. The molecule has 1 aromatic heterocycles. The number of carbonyl (C=O) groups excluding carboxylic acids is 1. The predicted molar refractivity (Wildman–Crippen MR) is 106 cm³/mol. The lowest BCUT2D eigenvalue weighted by atomic mass is 10.0. The summed E-state index contributed by atoms with van der Waals surface area (Å²) in [6.07, 6.45) is -3.44. The van der Waals surface area contributed by atoms with Crippen LogP contribution < -0.4 is 15.8 Å². The van der Waals surface area contributed by atoms with Crippen LogP contribution in [0, 0.1) is 11.7 Å². The zero-order valence-corrected chi connectivity index (χ0v) is 17.1. The highest BCUT2D eigenvalue weighted by molar-refractivity contribution is 5.94. The van der Waals surface area contributed by atoms with Gasteiger partial charge < -0.3 is 15.8 Å². The van der Waals surface area contributed by atoms with Crippen LogP contribution in [0.5, 0.6) is 11.6 Å². The highest BCUT2D eigenvalue weighted by Crippen LogP contribution is 2.31. The molecule has 2 rings (SSSR count). The summed E-state index contributed by atoms with van der Waals surface area (Å²) in [4.78, 5) is 15.5. The SMILES string of the molecule is CC(C)C[C@H](N)C(=O)Nc1ccc(Oc2ccc(C(F)(F)F)cn2)c(F)c1.Cl.Cl. The Morgan fingerprint density at radius 1 is 1.21 bits per heavy atom. The standard InChI is InChI=1S/C18H19F4N3O2.2ClH/c1-10(2)7-14(23)17(26)25-12-4-5-15(13(19)8-12)27-16-6-3-11(9-24-16)18(20,21)22;;/h3-6,8-10,14H,7,23H2,1-2H3,(H,25,26);2*1H/t14-;;/m0../s1. The lowest BCUT2D eigenvalue weighted by Crippen LogP contribution is -2.36.